The van der Waals surface area contributed by atoms with Crippen LogP contribution in [0.4, 0.5) is 0 Å². The Labute approximate surface area is 154 Å². The lowest BCUT2D eigenvalue weighted by molar-refractivity contribution is -0.177. The number of esters is 1. The van der Waals surface area contributed by atoms with Crippen LogP contribution in [0, 0.1) is 0 Å². The largest absolute Gasteiger partial charge is 0.465 e. The molecule has 1 fully saturated rings. The maximum Gasteiger partial charge on any atom is 0.345 e. The topological polar surface area (TPSA) is 80.3 Å². The lowest BCUT2D eigenvalue weighted by atomic mass is 10.0. The third-order valence-electron chi connectivity index (χ3n) is 3.99. The highest BCUT2D eigenvalue weighted by Gasteiger charge is 2.51. The van der Waals surface area contributed by atoms with Crippen LogP contribution < -0.4 is 0 Å². The zero-order valence-corrected chi connectivity index (χ0v) is 16.4. The van der Waals surface area contributed by atoms with Crippen LogP contribution in [0.25, 0.3) is 0 Å². The van der Waals surface area contributed by atoms with E-state index in [9.17, 15) is 9.36 Å². The smallest absolute Gasteiger partial charge is 0.345 e. The molecule has 146 valence electrons. The van der Waals surface area contributed by atoms with Crippen molar-refractivity contribution >= 4 is 13.6 Å². The molecule has 0 radical (unpaired) electrons. The van der Waals surface area contributed by atoms with Crippen molar-refractivity contribution < 1.29 is 32.6 Å². The van der Waals surface area contributed by atoms with E-state index in [1.165, 1.54) is 0 Å². The summed E-state index contributed by atoms with van der Waals surface area (Å²) in [7, 11) is -3.77. The highest BCUT2D eigenvalue weighted by molar-refractivity contribution is 7.55. The molecule has 1 atom stereocenters. The lowest BCUT2D eigenvalue weighted by Crippen LogP contribution is -2.37. The van der Waals surface area contributed by atoms with Crippen molar-refractivity contribution in [2.45, 2.75) is 38.6 Å². The first kappa shape index (κ1) is 21.1. The van der Waals surface area contributed by atoms with Gasteiger partial charge in [-0.3, -0.25) is 9.36 Å². The van der Waals surface area contributed by atoms with Gasteiger partial charge in [0.15, 0.2) is 11.4 Å². The first-order valence-electron chi connectivity index (χ1n) is 8.90. The number of rotatable bonds is 10. The van der Waals surface area contributed by atoms with E-state index >= 15 is 0 Å². The second kappa shape index (κ2) is 9.62. The lowest BCUT2D eigenvalue weighted by Gasteiger charge is -2.33. The van der Waals surface area contributed by atoms with E-state index in [1.807, 2.05) is 30.3 Å². The minimum atomic E-state index is -3.77. The molecule has 0 spiro atoms. The van der Waals surface area contributed by atoms with Crippen LogP contribution in [0.3, 0.4) is 0 Å². The molecule has 1 saturated heterocycles. The Hall–Kier alpha value is -1.24. The molecule has 0 bridgehead atoms. The summed E-state index contributed by atoms with van der Waals surface area (Å²) in [6.07, 6.45) is -0.0207. The summed E-state index contributed by atoms with van der Waals surface area (Å²) in [5.74, 6) is -1.84. The van der Waals surface area contributed by atoms with Gasteiger partial charge in [0.1, 0.15) is 0 Å². The Morgan fingerprint density at radius 2 is 1.65 bits per heavy atom. The average molecular weight is 386 g/mol. The maximum atomic E-state index is 13.3. The minimum absolute atomic E-state index is 0.0207. The quantitative estimate of drug-likeness (QED) is 0.450. The van der Waals surface area contributed by atoms with E-state index in [-0.39, 0.29) is 26.2 Å². The van der Waals surface area contributed by atoms with Crippen LogP contribution in [-0.2, 0) is 38.4 Å². The molecule has 0 saturated carbocycles. The number of carbonyl (C=O) groups excluding carboxylic acids is 1. The Morgan fingerprint density at radius 3 is 2.15 bits per heavy atom. The van der Waals surface area contributed by atoms with Gasteiger partial charge in [0.05, 0.1) is 33.0 Å². The molecular formula is C18H27O7P. The third kappa shape index (κ3) is 4.72. The molecular weight excluding hydrogens is 359 g/mol. The van der Waals surface area contributed by atoms with Crippen LogP contribution >= 0.6 is 7.60 Å². The zero-order valence-electron chi connectivity index (χ0n) is 15.5. The Balaban J connectivity index is 2.41. The predicted molar refractivity (Wildman–Crippen MR) is 95.9 cm³/mol. The van der Waals surface area contributed by atoms with Gasteiger partial charge in [-0.2, -0.15) is 0 Å². The van der Waals surface area contributed by atoms with E-state index in [0.29, 0.717) is 13.2 Å². The second-order valence-electron chi connectivity index (χ2n) is 5.66. The zero-order chi connectivity index (χ0) is 19.0. The van der Waals surface area contributed by atoms with Crippen LogP contribution in [0.5, 0.6) is 0 Å². The molecule has 0 amide bonds. The number of carbonyl (C=O) groups is 1. The van der Waals surface area contributed by atoms with Gasteiger partial charge in [-0.25, -0.2) is 0 Å². The van der Waals surface area contributed by atoms with Crippen molar-refractivity contribution in [1.29, 1.82) is 0 Å². The van der Waals surface area contributed by atoms with Gasteiger partial charge in [-0.15, -0.1) is 0 Å². The van der Waals surface area contributed by atoms with E-state index < -0.39 is 25.0 Å². The fourth-order valence-corrected chi connectivity index (χ4v) is 4.89. The van der Waals surface area contributed by atoms with E-state index in [0.717, 1.165) is 5.56 Å². The second-order valence-corrected chi connectivity index (χ2v) is 7.88. The summed E-state index contributed by atoms with van der Waals surface area (Å²) in [6.45, 7) is 6.29. The van der Waals surface area contributed by atoms with Gasteiger partial charge in [0.25, 0.3) is 0 Å². The van der Waals surface area contributed by atoms with E-state index in [1.54, 1.807) is 20.8 Å². The summed E-state index contributed by atoms with van der Waals surface area (Å²) >= 11 is 0. The molecule has 26 heavy (non-hydrogen) atoms. The molecule has 2 rings (SSSR count). The highest BCUT2D eigenvalue weighted by atomic mass is 31.2. The standard InChI is InChI=1S/C18H27O7P/c1-4-21-17(19)16(26(20,24-5-2)25-6-3)14-18(22-12-13-23-18)15-10-8-7-9-11-15/h7-11,16H,4-6,12-14H2,1-3H3. The van der Waals surface area contributed by atoms with Crippen molar-refractivity contribution in [1.82, 2.24) is 0 Å². The van der Waals surface area contributed by atoms with Gasteiger partial charge in [0, 0.05) is 12.0 Å². The summed E-state index contributed by atoms with van der Waals surface area (Å²) in [6, 6.07) is 9.28. The van der Waals surface area contributed by atoms with Crippen LogP contribution in [0.2, 0.25) is 0 Å². The van der Waals surface area contributed by atoms with Gasteiger partial charge < -0.3 is 23.3 Å². The Bertz CT molecular complexity index is 603. The predicted octanol–water partition coefficient (Wildman–Crippen LogP) is 3.47. The van der Waals surface area contributed by atoms with Crippen molar-refractivity contribution in [3.8, 4) is 0 Å². The summed E-state index contributed by atoms with van der Waals surface area (Å²) in [5, 5.41) is 0. The van der Waals surface area contributed by atoms with Crippen LogP contribution in [-0.4, -0.2) is 44.7 Å². The number of benzene rings is 1. The molecule has 1 aromatic rings. The number of ether oxygens (including phenoxy) is 3. The fourth-order valence-electron chi connectivity index (χ4n) is 2.94. The number of hydrogen-bond donors (Lipinski definition) is 0. The Kier molecular flexibility index (Phi) is 7.80. The first-order chi connectivity index (χ1) is 12.5. The third-order valence-corrected chi connectivity index (χ3v) is 6.38. The van der Waals surface area contributed by atoms with Crippen LogP contribution in [0.1, 0.15) is 32.8 Å². The SMILES string of the molecule is CCOC(=O)C(CC1(c2ccccc2)OCCO1)P(=O)(OCC)OCC. The van der Waals surface area contributed by atoms with E-state index in [4.69, 9.17) is 23.3 Å². The van der Waals surface area contributed by atoms with Crippen molar-refractivity contribution in [3.05, 3.63) is 35.9 Å². The maximum absolute atomic E-state index is 13.3. The molecule has 1 heterocycles. The summed E-state index contributed by atoms with van der Waals surface area (Å²) < 4.78 is 41.1. The molecule has 7 nitrogen and oxygen atoms in total. The highest BCUT2D eigenvalue weighted by Crippen LogP contribution is 2.57. The van der Waals surface area contributed by atoms with E-state index in [2.05, 4.69) is 0 Å². The van der Waals surface area contributed by atoms with Gasteiger partial charge >= 0.3 is 13.6 Å². The van der Waals surface area contributed by atoms with Gasteiger partial charge in [-0.1, -0.05) is 30.3 Å². The van der Waals surface area contributed by atoms with Crippen molar-refractivity contribution in [3.63, 3.8) is 0 Å². The monoisotopic (exact) mass is 386 g/mol. The summed E-state index contributed by atoms with van der Waals surface area (Å²) in [5.41, 5.74) is -0.410. The summed E-state index contributed by atoms with van der Waals surface area (Å²) in [4.78, 5) is 12.6. The minimum Gasteiger partial charge on any atom is -0.465 e. The number of hydrogen-bond acceptors (Lipinski definition) is 7. The average Bonchev–Trinajstić information content (AvgIpc) is 3.11. The van der Waals surface area contributed by atoms with Crippen molar-refractivity contribution in [2.75, 3.05) is 33.0 Å². The fraction of sp³-hybridized carbons (Fsp3) is 0.611. The molecule has 0 aliphatic carbocycles. The van der Waals surface area contributed by atoms with Gasteiger partial charge in [0.2, 0.25) is 0 Å². The molecule has 8 heteroatoms. The normalized spacial score (nSPS) is 17.8. The van der Waals surface area contributed by atoms with Crippen molar-refractivity contribution in [2.24, 2.45) is 0 Å². The molecule has 1 aromatic carbocycles. The molecule has 1 unspecified atom stereocenters. The molecule has 0 aromatic heterocycles. The molecule has 1 aliphatic rings. The van der Waals surface area contributed by atoms with Gasteiger partial charge in [-0.05, 0) is 20.8 Å². The first-order valence-corrected chi connectivity index (χ1v) is 10.5. The Morgan fingerprint density at radius 1 is 1.08 bits per heavy atom. The molecule has 1 aliphatic heterocycles. The van der Waals surface area contributed by atoms with Crippen LogP contribution in [0.15, 0.2) is 30.3 Å². The molecule has 0 N–H and O–H groups in total.